The van der Waals surface area contributed by atoms with Crippen molar-refractivity contribution in [2.45, 2.75) is 32.7 Å². The molecule has 3 rings (SSSR count). The van der Waals surface area contributed by atoms with Gasteiger partial charge in [-0.3, -0.25) is 9.59 Å². The van der Waals surface area contributed by atoms with Crippen LogP contribution in [0.15, 0.2) is 42.9 Å². The van der Waals surface area contributed by atoms with Gasteiger partial charge in [0.2, 0.25) is 5.91 Å². The first-order chi connectivity index (χ1) is 12.0. The van der Waals surface area contributed by atoms with Crippen LogP contribution in [0.5, 0.6) is 0 Å². The number of benzene rings is 1. The molecule has 0 unspecified atom stereocenters. The van der Waals surface area contributed by atoms with Crippen molar-refractivity contribution in [3.63, 3.8) is 0 Å². The van der Waals surface area contributed by atoms with Crippen molar-refractivity contribution in [3.05, 3.63) is 48.5 Å². The van der Waals surface area contributed by atoms with Crippen LogP contribution < -0.4 is 5.32 Å². The number of amides is 2. The summed E-state index contributed by atoms with van der Waals surface area (Å²) >= 11 is 0. The number of piperidine rings is 1. The van der Waals surface area contributed by atoms with Gasteiger partial charge in [-0.25, -0.2) is 4.98 Å². The highest BCUT2D eigenvalue weighted by Crippen LogP contribution is 2.19. The lowest BCUT2D eigenvalue weighted by molar-refractivity contribution is -0.126. The Labute approximate surface area is 147 Å². The number of imidazole rings is 1. The smallest absolute Gasteiger partial charge is 0.274 e. The van der Waals surface area contributed by atoms with Gasteiger partial charge in [-0.1, -0.05) is 18.2 Å². The molecule has 1 fully saturated rings. The van der Waals surface area contributed by atoms with Gasteiger partial charge in [0.15, 0.2) is 0 Å². The van der Waals surface area contributed by atoms with Gasteiger partial charge in [0.05, 0.1) is 5.92 Å². The van der Waals surface area contributed by atoms with Crippen molar-refractivity contribution in [2.24, 2.45) is 5.92 Å². The lowest BCUT2D eigenvalue weighted by Gasteiger charge is -2.32. The second-order valence-electron chi connectivity index (χ2n) is 6.76. The zero-order valence-corrected chi connectivity index (χ0v) is 14.7. The highest BCUT2D eigenvalue weighted by Gasteiger charge is 2.29. The van der Waals surface area contributed by atoms with Gasteiger partial charge in [-0.05, 0) is 38.8 Å². The summed E-state index contributed by atoms with van der Waals surface area (Å²) < 4.78 is 1.83. The lowest BCUT2D eigenvalue weighted by atomic mass is 9.96. The summed E-state index contributed by atoms with van der Waals surface area (Å²) in [6, 6.07) is 9.87. The maximum absolute atomic E-state index is 12.8. The molecule has 1 aromatic heterocycles. The van der Waals surface area contributed by atoms with E-state index in [4.69, 9.17) is 0 Å². The first-order valence-corrected chi connectivity index (χ1v) is 8.73. The van der Waals surface area contributed by atoms with Crippen LogP contribution in [0.3, 0.4) is 0 Å². The van der Waals surface area contributed by atoms with Crippen molar-refractivity contribution in [2.75, 3.05) is 13.1 Å². The van der Waals surface area contributed by atoms with Gasteiger partial charge in [0.25, 0.3) is 5.91 Å². The first-order valence-electron chi connectivity index (χ1n) is 8.73. The first kappa shape index (κ1) is 17.2. The summed E-state index contributed by atoms with van der Waals surface area (Å²) in [7, 11) is 0. The highest BCUT2D eigenvalue weighted by molar-refractivity contribution is 5.92. The molecule has 2 heterocycles. The fourth-order valence-corrected chi connectivity index (χ4v) is 3.11. The topological polar surface area (TPSA) is 67.2 Å². The zero-order chi connectivity index (χ0) is 17.8. The molecule has 0 spiro atoms. The van der Waals surface area contributed by atoms with E-state index in [0.29, 0.717) is 18.8 Å². The molecule has 132 valence electrons. The minimum Gasteiger partial charge on any atom is -0.354 e. The number of rotatable bonds is 4. The molecule has 6 nitrogen and oxygen atoms in total. The average Bonchev–Trinajstić information content (AvgIpc) is 3.11. The number of hydrogen-bond acceptors (Lipinski definition) is 3. The Morgan fingerprint density at radius 3 is 2.72 bits per heavy atom. The van der Waals surface area contributed by atoms with E-state index in [2.05, 4.69) is 10.3 Å². The monoisotopic (exact) mass is 340 g/mol. The van der Waals surface area contributed by atoms with Gasteiger partial charge in [-0.2, -0.15) is 0 Å². The van der Waals surface area contributed by atoms with Crippen LogP contribution in [0.2, 0.25) is 0 Å². The van der Waals surface area contributed by atoms with Crippen LogP contribution in [-0.2, 0) is 4.79 Å². The molecule has 1 aromatic carbocycles. The number of nitrogens with one attached hydrogen (secondary N) is 1. The summed E-state index contributed by atoms with van der Waals surface area (Å²) in [5.41, 5.74) is 1.37. The van der Waals surface area contributed by atoms with Crippen LogP contribution >= 0.6 is 0 Å². The predicted molar refractivity (Wildman–Crippen MR) is 95.5 cm³/mol. The van der Waals surface area contributed by atoms with Crippen LogP contribution in [-0.4, -0.2) is 45.4 Å². The third-order valence-electron chi connectivity index (χ3n) is 4.37. The molecule has 2 amide bonds. The van der Waals surface area contributed by atoms with E-state index in [-0.39, 0.29) is 23.8 Å². The fourth-order valence-electron chi connectivity index (χ4n) is 3.11. The summed E-state index contributed by atoms with van der Waals surface area (Å²) in [5.74, 6) is -0.227. The van der Waals surface area contributed by atoms with Crippen molar-refractivity contribution >= 4 is 11.8 Å². The molecule has 1 atom stereocenters. The molecule has 0 radical (unpaired) electrons. The van der Waals surface area contributed by atoms with Crippen molar-refractivity contribution < 1.29 is 9.59 Å². The molecule has 0 bridgehead atoms. The van der Waals surface area contributed by atoms with Gasteiger partial charge in [0, 0.05) is 31.0 Å². The quantitative estimate of drug-likeness (QED) is 0.928. The number of carbonyl (C=O) groups is 2. The van der Waals surface area contributed by atoms with E-state index in [0.717, 1.165) is 18.5 Å². The summed E-state index contributed by atoms with van der Waals surface area (Å²) in [5, 5.41) is 2.94. The van der Waals surface area contributed by atoms with Crippen molar-refractivity contribution in [3.8, 4) is 5.69 Å². The largest absolute Gasteiger partial charge is 0.354 e. The predicted octanol–water partition coefficient (Wildman–Crippen LogP) is 2.25. The molecule has 1 aliphatic rings. The minimum absolute atomic E-state index is 0.0299. The molecule has 25 heavy (non-hydrogen) atoms. The Balaban J connectivity index is 1.68. The molecule has 6 heteroatoms. The Kier molecular flexibility index (Phi) is 5.16. The maximum Gasteiger partial charge on any atom is 0.274 e. The maximum atomic E-state index is 12.8. The zero-order valence-electron chi connectivity index (χ0n) is 14.7. The summed E-state index contributed by atoms with van der Waals surface area (Å²) in [4.78, 5) is 31.0. The molecule has 0 aliphatic carbocycles. The van der Waals surface area contributed by atoms with Crippen LogP contribution in [0, 0.1) is 5.92 Å². The standard InChI is InChI=1S/C19H24N4O2/c1-14(2)21-18(24)15-7-6-10-22(11-15)19(25)17-12-23(13-20-17)16-8-4-3-5-9-16/h3-5,8-9,12-15H,6-7,10-11H2,1-2H3,(H,21,24)/t15-/m0/s1. The van der Waals surface area contributed by atoms with Gasteiger partial charge >= 0.3 is 0 Å². The molecule has 1 N–H and O–H groups in total. The van der Waals surface area contributed by atoms with Gasteiger partial charge in [0.1, 0.15) is 12.0 Å². The van der Waals surface area contributed by atoms with Crippen molar-refractivity contribution in [1.82, 2.24) is 19.8 Å². The summed E-state index contributed by atoms with van der Waals surface area (Å²) in [6.07, 6.45) is 5.05. The fraction of sp³-hybridized carbons (Fsp3) is 0.421. The Hall–Kier alpha value is -2.63. The summed E-state index contributed by atoms with van der Waals surface area (Å²) in [6.45, 7) is 5.01. The SMILES string of the molecule is CC(C)NC(=O)[C@H]1CCCN(C(=O)c2cn(-c3ccccc3)cn2)C1. The Morgan fingerprint density at radius 1 is 1.24 bits per heavy atom. The number of nitrogens with zero attached hydrogens (tertiary/aromatic N) is 3. The van der Waals surface area contributed by atoms with Crippen LogP contribution in [0.1, 0.15) is 37.2 Å². The molecule has 1 aliphatic heterocycles. The molecular weight excluding hydrogens is 316 g/mol. The molecule has 2 aromatic rings. The van der Waals surface area contributed by atoms with Crippen molar-refractivity contribution in [1.29, 1.82) is 0 Å². The van der Waals surface area contributed by atoms with E-state index in [1.807, 2.05) is 48.7 Å². The third-order valence-corrected chi connectivity index (χ3v) is 4.37. The van der Waals surface area contributed by atoms with E-state index in [9.17, 15) is 9.59 Å². The van der Waals surface area contributed by atoms with Crippen LogP contribution in [0.25, 0.3) is 5.69 Å². The second kappa shape index (κ2) is 7.51. The van der Waals surface area contributed by atoms with E-state index < -0.39 is 0 Å². The normalized spacial score (nSPS) is 17.6. The number of aromatic nitrogens is 2. The number of hydrogen-bond donors (Lipinski definition) is 1. The Morgan fingerprint density at radius 2 is 2.00 bits per heavy atom. The highest BCUT2D eigenvalue weighted by atomic mass is 16.2. The van der Waals surface area contributed by atoms with E-state index >= 15 is 0 Å². The third kappa shape index (κ3) is 4.07. The van der Waals surface area contributed by atoms with E-state index in [1.54, 1.807) is 17.4 Å². The van der Waals surface area contributed by atoms with Gasteiger partial charge < -0.3 is 14.8 Å². The number of para-hydroxylation sites is 1. The second-order valence-corrected chi connectivity index (χ2v) is 6.76. The average molecular weight is 340 g/mol. The molecular formula is C19H24N4O2. The molecule has 0 saturated carbocycles. The van der Waals surface area contributed by atoms with Crippen LogP contribution in [0.4, 0.5) is 0 Å². The Bertz CT molecular complexity index is 739. The van der Waals surface area contributed by atoms with Gasteiger partial charge in [-0.15, -0.1) is 0 Å². The minimum atomic E-state index is -0.142. The molecule has 1 saturated heterocycles. The number of likely N-dealkylation sites (tertiary alicyclic amines) is 1. The van der Waals surface area contributed by atoms with E-state index in [1.165, 1.54) is 0 Å². The lowest BCUT2D eigenvalue weighted by Crippen LogP contribution is -2.46. The number of carbonyl (C=O) groups excluding carboxylic acids is 2.